The average Bonchev–Trinajstić information content (AvgIpc) is 2.41. The predicted molar refractivity (Wildman–Crippen MR) is 91.9 cm³/mol. The second kappa shape index (κ2) is 6.31. The smallest absolute Gasteiger partial charge is 0.308 e. The molecular formula is C17H19BrN2O. The number of anilines is 2. The van der Waals surface area contributed by atoms with E-state index in [1.807, 2.05) is 48.5 Å². The van der Waals surface area contributed by atoms with Crippen LogP contribution in [-0.4, -0.2) is 6.03 Å². The molecule has 3 nitrogen and oxygen atoms in total. The highest BCUT2D eigenvalue weighted by atomic mass is 79.9. The zero-order valence-electron chi connectivity index (χ0n) is 12.4. The third-order valence-electron chi connectivity index (χ3n) is 3.09. The molecule has 0 heterocycles. The van der Waals surface area contributed by atoms with E-state index in [-0.39, 0.29) is 11.4 Å². The Balaban J connectivity index is 2.11. The molecule has 0 aliphatic rings. The molecule has 0 bridgehead atoms. The van der Waals surface area contributed by atoms with Crippen LogP contribution in [0.5, 0.6) is 0 Å². The van der Waals surface area contributed by atoms with Crippen molar-refractivity contribution in [3.63, 3.8) is 0 Å². The first-order chi connectivity index (χ1) is 9.86. The summed E-state index contributed by atoms with van der Waals surface area (Å²) in [6, 6.07) is 15.1. The molecule has 2 aromatic carbocycles. The van der Waals surface area contributed by atoms with Gasteiger partial charge in [-0.3, -0.25) is 0 Å². The molecule has 0 atom stereocenters. The number of hydrogen-bond donors (Lipinski definition) is 2. The van der Waals surface area contributed by atoms with Crippen molar-refractivity contribution in [1.29, 1.82) is 0 Å². The minimum atomic E-state index is -0.242. The minimum Gasteiger partial charge on any atom is -0.308 e. The molecule has 0 aromatic heterocycles. The first kappa shape index (κ1) is 15.6. The van der Waals surface area contributed by atoms with Crippen LogP contribution in [0.15, 0.2) is 53.0 Å². The lowest BCUT2D eigenvalue weighted by Crippen LogP contribution is -2.22. The number of carbonyl (C=O) groups is 1. The van der Waals surface area contributed by atoms with Crippen molar-refractivity contribution in [3.8, 4) is 0 Å². The van der Waals surface area contributed by atoms with Crippen LogP contribution in [0.25, 0.3) is 0 Å². The third-order valence-corrected chi connectivity index (χ3v) is 3.61. The van der Waals surface area contributed by atoms with Crippen LogP contribution in [0.3, 0.4) is 0 Å². The number of halogens is 1. The Morgan fingerprint density at radius 1 is 0.952 bits per heavy atom. The number of nitrogens with one attached hydrogen (secondary N) is 2. The van der Waals surface area contributed by atoms with Gasteiger partial charge in [0.15, 0.2) is 0 Å². The van der Waals surface area contributed by atoms with E-state index in [1.165, 1.54) is 0 Å². The Labute approximate surface area is 133 Å². The maximum Gasteiger partial charge on any atom is 0.323 e. The van der Waals surface area contributed by atoms with Gasteiger partial charge in [-0.25, -0.2) is 4.79 Å². The summed E-state index contributed by atoms with van der Waals surface area (Å²) in [5, 5.41) is 5.74. The highest BCUT2D eigenvalue weighted by Gasteiger charge is 2.18. The maximum atomic E-state index is 12.1. The number of amides is 2. The summed E-state index contributed by atoms with van der Waals surface area (Å²) in [5.74, 6) is 0. The van der Waals surface area contributed by atoms with Gasteiger partial charge in [0.1, 0.15) is 0 Å². The SMILES string of the molecule is CC(C)(C)c1ccccc1NC(=O)Nc1ccc(Br)cc1. The van der Waals surface area contributed by atoms with Gasteiger partial charge < -0.3 is 10.6 Å². The normalized spacial score (nSPS) is 11.0. The molecule has 0 radical (unpaired) electrons. The fraction of sp³-hybridized carbons (Fsp3) is 0.235. The van der Waals surface area contributed by atoms with Crippen molar-refractivity contribution in [1.82, 2.24) is 0 Å². The summed E-state index contributed by atoms with van der Waals surface area (Å²) >= 11 is 3.37. The predicted octanol–water partition coefficient (Wildman–Crippen LogP) is 5.39. The Morgan fingerprint density at radius 3 is 2.19 bits per heavy atom. The van der Waals surface area contributed by atoms with Gasteiger partial charge in [0.25, 0.3) is 0 Å². The van der Waals surface area contributed by atoms with Crippen LogP contribution < -0.4 is 10.6 Å². The second-order valence-electron chi connectivity index (χ2n) is 5.88. The molecule has 2 N–H and O–H groups in total. The summed E-state index contributed by atoms with van der Waals surface area (Å²) < 4.78 is 0.978. The Morgan fingerprint density at radius 2 is 1.57 bits per heavy atom. The number of benzene rings is 2. The molecule has 0 saturated carbocycles. The van der Waals surface area contributed by atoms with Gasteiger partial charge >= 0.3 is 6.03 Å². The molecule has 2 aromatic rings. The molecule has 0 saturated heterocycles. The zero-order valence-corrected chi connectivity index (χ0v) is 14.0. The van der Waals surface area contributed by atoms with Crippen molar-refractivity contribution < 1.29 is 4.79 Å². The Hall–Kier alpha value is -1.81. The van der Waals surface area contributed by atoms with Gasteiger partial charge in [-0.1, -0.05) is 54.9 Å². The molecule has 0 unspecified atom stereocenters. The topological polar surface area (TPSA) is 41.1 Å². The summed E-state index contributed by atoms with van der Waals surface area (Å²) in [7, 11) is 0. The van der Waals surface area contributed by atoms with Crippen molar-refractivity contribution in [2.75, 3.05) is 10.6 Å². The van der Waals surface area contributed by atoms with Crippen molar-refractivity contribution in [3.05, 3.63) is 58.6 Å². The fourth-order valence-corrected chi connectivity index (χ4v) is 2.33. The first-order valence-corrected chi connectivity index (χ1v) is 7.58. The highest BCUT2D eigenvalue weighted by molar-refractivity contribution is 9.10. The molecular weight excluding hydrogens is 328 g/mol. The Bertz CT molecular complexity index is 630. The standard InChI is InChI=1S/C17H19BrN2O/c1-17(2,3)14-6-4-5-7-15(14)20-16(21)19-13-10-8-12(18)9-11-13/h4-11H,1-3H3,(H2,19,20,21). The van der Waals surface area contributed by atoms with Crippen molar-refractivity contribution >= 4 is 33.3 Å². The molecule has 2 amide bonds. The summed E-state index contributed by atoms with van der Waals surface area (Å²) in [4.78, 5) is 12.1. The maximum absolute atomic E-state index is 12.1. The number of urea groups is 1. The van der Waals surface area contributed by atoms with Crippen LogP contribution in [0.1, 0.15) is 26.3 Å². The summed E-state index contributed by atoms with van der Waals surface area (Å²) in [6.45, 7) is 6.38. The molecule has 0 spiro atoms. The number of para-hydroxylation sites is 1. The lowest BCUT2D eigenvalue weighted by Gasteiger charge is -2.23. The van der Waals surface area contributed by atoms with Crippen molar-refractivity contribution in [2.24, 2.45) is 0 Å². The zero-order chi connectivity index (χ0) is 15.5. The number of hydrogen-bond acceptors (Lipinski definition) is 1. The van der Waals surface area contributed by atoms with Crippen LogP contribution in [0.2, 0.25) is 0 Å². The van der Waals surface area contributed by atoms with E-state index in [4.69, 9.17) is 0 Å². The first-order valence-electron chi connectivity index (χ1n) is 6.79. The van der Waals surface area contributed by atoms with Crippen LogP contribution in [-0.2, 0) is 5.41 Å². The van der Waals surface area contributed by atoms with Crippen LogP contribution in [0, 0.1) is 0 Å². The van der Waals surface area contributed by atoms with Crippen molar-refractivity contribution in [2.45, 2.75) is 26.2 Å². The molecule has 0 aliphatic carbocycles. The van der Waals surface area contributed by atoms with Gasteiger partial charge in [-0.15, -0.1) is 0 Å². The van der Waals surface area contributed by atoms with E-state index in [0.29, 0.717) is 0 Å². The van der Waals surface area contributed by atoms with Gasteiger partial charge in [-0.2, -0.15) is 0 Å². The van der Waals surface area contributed by atoms with Gasteiger partial charge in [0, 0.05) is 15.8 Å². The lowest BCUT2D eigenvalue weighted by molar-refractivity contribution is 0.262. The van der Waals surface area contributed by atoms with Gasteiger partial charge in [0.05, 0.1) is 0 Å². The summed E-state index contributed by atoms with van der Waals surface area (Å²) in [5.41, 5.74) is 2.67. The lowest BCUT2D eigenvalue weighted by atomic mass is 9.86. The van der Waals surface area contributed by atoms with Gasteiger partial charge in [0.2, 0.25) is 0 Å². The minimum absolute atomic E-state index is 0.0263. The molecule has 0 fully saturated rings. The largest absolute Gasteiger partial charge is 0.323 e. The van der Waals surface area contributed by atoms with E-state index in [2.05, 4.69) is 47.3 Å². The van der Waals surface area contributed by atoms with E-state index in [9.17, 15) is 4.79 Å². The molecule has 21 heavy (non-hydrogen) atoms. The molecule has 2 rings (SSSR count). The van der Waals surface area contributed by atoms with Crippen LogP contribution in [0.4, 0.5) is 16.2 Å². The van der Waals surface area contributed by atoms with E-state index < -0.39 is 0 Å². The molecule has 0 aliphatic heterocycles. The second-order valence-corrected chi connectivity index (χ2v) is 6.80. The molecule has 4 heteroatoms. The fourth-order valence-electron chi connectivity index (χ4n) is 2.06. The number of carbonyl (C=O) groups excluding carboxylic acids is 1. The Kier molecular flexibility index (Phi) is 4.68. The van der Waals surface area contributed by atoms with Crippen LogP contribution >= 0.6 is 15.9 Å². The summed E-state index contributed by atoms with van der Waals surface area (Å²) in [6.07, 6.45) is 0. The number of rotatable bonds is 2. The highest BCUT2D eigenvalue weighted by Crippen LogP contribution is 2.29. The monoisotopic (exact) mass is 346 g/mol. The van der Waals surface area contributed by atoms with E-state index >= 15 is 0 Å². The van der Waals surface area contributed by atoms with E-state index in [1.54, 1.807) is 0 Å². The van der Waals surface area contributed by atoms with Gasteiger partial charge in [-0.05, 0) is 41.3 Å². The quantitative estimate of drug-likeness (QED) is 0.751. The van der Waals surface area contributed by atoms with E-state index in [0.717, 1.165) is 21.4 Å². The molecule has 110 valence electrons. The third kappa shape index (κ3) is 4.33. The average molecular weight is 347 g/mol.